The zero-order valence-electron chi connectivity index (χ0n) is 18.4. The first-order valence-corrected chi connectivity index (χ1v) is 13.2. The zero-order chi connectivity index (χ0) is 23.1. The first kappa shape index (κ1) is 22.8. The summed E-state index contributed by atoms with van der Waals surface area (Å²) in [5, 5.41) is 2.85. The number of anilines is 2. The number of benzene rings is 2. The van der Waals surface area contributed by atoms with Crippen LogP contribution in [0.5, 0.6) is 0 Å². The summed E-state index contributed by atoms with van der Waals surface area (Å²) in [6, 6.07) is 12.3. The summed E-state index contributed by atoms with van der Waals surface area (Å²) in [5.41, 5.74) is 0.943. The Hall–Kier alpha value is -2.36. The van der Waals surface area contributed by atoms with Crippen molar-refractivity contribution in [3.05, 3.63) is 48.0 Å². The molecule has 0 spiro atoms. The molecule has 7 nitrogen and oxygen atoms in total. The van der Waals surface area contributed by atoms with Crippen LogP contribution in [0.2, 0.25) is 0 Å². The van der Waals surface area contributed by atoms with E-state index in [4.69, 9.17) is 0 Å². The van der Waals surface area contributed by atoms with E-state index < -0.39 is 15.4 Å². The fraction of sp³-hybridized carbons (Fsp3) is 0.391. The maximum absolute atomic E-state index is 13.2. The Morgan fingerprint density at radius 3 is 2.53 bits per heavy atom. The first-order valence-electron chi connectivity index (χ1n) is 10.5. The number of carbonyl (C=O) groups excluding carboxylic acids is 2. The molecule has 2 aliphatic rings. The second kappa shape index (κ2) is 8.53. The van der Waals surface area contributed by atoms with Crippen LogP contribution in [-0.2, 0) is 25.0 Å². The van der Waals surface area contributed by atoms with E-state index >= 15 is 0 Å². The van der Waals surface area contributed by atoms with Gasteiger partial charge in [-0.15, -0.1) is 11.8 Å². The maximum atomic E-state index is 13.2. The predicted molar refractivity (Wildman–Crippen MR) is 127 cm³/mol. The van der Waals surface area contributed by atoms with Gasteiger partial charge in [-0.2, -0.15) is 4.31 Å². The monoisotopic (exact) mass is 473 g/mol. The zero-order valence-corrected chi connectivity index (χ0v) is 20.1. The van der Waals surface area contributed by atoms with Crippen LogP contribution in [0.4, 0.5) is 11.4 Å². The van der Waals surface area contributed by atoms with Gasteiger partial charge in [0.15, 0.2) is 0 Å². The molecule has 1 saturated heterocycles. The first-order chi connectivity index (χ1) is 15.1. The minimum atomic E-state index is -3.59. The van der Waals surface area contributed by atoms with E-state index in [0.29, 0.717) is 30.0 Å². The minimum absolute atomic E-state index is 0.142. The van der Waals surface area contributed by atoms with Gasteiger partial charge in [0.1, 0.15) is 6.54 Å². The van der Waals surface area contributed by atoms with Crippen LogP contribution in [0.3, 0.4) is 0 Å². The average Bonchev–Trinajstić information content (AvgIpc) is 3.37. The highest BCUT2D eigenvalue weighted by Gasteiger charge is 2.45. The van der Waals surface area contributed by atoms with Gasteiger partial charge in [-0.05, 0) is 74.9 Å². The van der Waals surface area contributed by atoms with Crippen molar-refractivity contribution in [1.29, 1.82) is 0 Å². The van der Waals surface area contributed by atoms with Crippen molar-refractivity contribution < 1.29 is 18.0 Å². The molecule has 0 saturated carbocycles. The molecule has 0 aliphatic carbocycles. The Bertz CT molecular complexity index is 1170. The smallest absolute Gasteiger partial charge is 0.244 e. The van der Waals surface area contributed by atoms with Crippen LogP contribution < -0.4 is 10.2 Å². The van der Waals surface area contributed by atoms with Gasteiger partial charge in [0.05, 0.1) is 10.3 Å². The molecular formula is C23H27N3O4S2. The summed E-state index contributed by atoms with van der Waals surface area (Å²) >= 11 is 1.58. The highest BCUT2D eigenvalue weighted by Crippen LogP contribution is 2.43. The molecule has 2 amide bonds. The Morgan fingerprint density at radius 1 is 1.12 bits per heavy atom. The highest BCUT2D eigenvalue weighted by atomic mass is 32.2. The van der Waals surface area contributed by atoms with Crippen molar-refractivity contribution in [2.45, 2.75) is 41.9 Å². The van der Waals surface area contributed by atoms with Crippen LogP contribution in [0, 0.1) is 0 Å². The van der Waals surface area contributed by atoms with Gasteiger partial charge < -0.3 is 10.2 Å². The molecule has 1 N–H and O–H groups in total. The van der Waals surface area contributed by atoms with Gasteiger partial charge in [-0.25, -0.2) is 8.42 Å². The summed E-state index contributed by atoms with van der Waals surface area (Å²) in [6.45, 7) is 4.43. The topological polar surface area (TPSA) is 86.8 Å². The molecule has 2 heterocycles. The summed E-state index contributed by atoms with van der Waals surface area (Å²) in [4.78, 5) is 28.6. The maximum Gasteiger partial charge on any atom is 0.244 e. The molecule has 9 heteroatoms. The number of rotatable bonds is 6. The van der Waals surface area contributed by atoms with E-state index in [0.717, 1.165) is 17.7 Å². The summed E-state index contributed by atoms with van der Waals surface area (Å²) in [5.74, 6) is -0.537. The van der Waals surface area contributed by atoms with E-state index in [2.05, 4.69) is 5.32 Å². The lowest BCUT2D eigenvalue weighted by atomic mass is 9.86. The van der Waals surface area contributed by atoms with E-state index in [1.165, 1.54) is 15.3 Å². The van der Waals surface area contributed by atoms with Crippen molar-refractivity contribution >= 4 is 45.0 Å². The van der Waals surface area contributed by atoms with Gasteiger partial charge in [0.25, 0.3) is 0 Å². The number of hydrogen-bond acceptors (Lipinski definition) is 5. The van der Waals surface area contributed by atoms with E-state index in [9.17, 15) is 18.0 Å². The third-order valence-electron chi connectivity index (χ3n) is 6.07. The van der Waals surface area contributed by atoms with Gasteiger partial charge >= 0.3 is 0 Å². The Labute approximate surface area is 193 Å². The van der Waals surface area contributed by atoms with Crippen molar-refractivity contribution in [2.75, 3.05) is 36.1 Å². The Kier molecular flexibility index (Phi) is 6.08. The van der Waals surface area contributed by atoms with E-state index in [1.807, 2.05) is 24.5 Å². The SMILES string of the molecule is CSc1cccc(NC(=O)CN2C(=O)C(C)(C)c3cc(S(=O)(=O)N4CCCC4)ccc32)c1. The lowest BCUT2D eigenvalue weighted by Crippen LogP contribution is -2.40. The molecule has 0 atom stereocenters. The van der Waals surface area contributed by atoms with E-state index in [1.54, 1.807) is 43.8 Å². The number of hydrogen-bond donors (Lipinski definition) is 1. The van der Waals surface area contributed by atoms with Crippen LogP contribution >= 0.6 is 11.8 Å². The summed E-state index contributed by atoms with van der Waals surface area (Å²) in [6.07, 6.45) is 3.68. The number of thioether (sulfide) groups is 1. The third kappa shape index (κ3) is 4.04. The molecule has 4 rings (SSSR count). The average molecular weight is 474 g/mol. The van der Waals surface area contributed by atoms with Gasteiger partial charge in [-0.1, -0.05) is 6.07 Å². The fourth-order valence-corrected chi connectivity index (χ4v) is 6.26. The van der Waals surface area contributed by atoms with Crippen molar-refractivity contribution in [3.63, 3.8) is 0 Å². The van der Waals surface area contributed by atoms with Crippen LogP contribution in [0.15, 0.2) is 52.3 Å². The quantitative estimate of drug-likeness (QED) is 0.650. The lowest BCUT2D eigenvalue weighted by molar-refractivity contribution is -0.124. The fourth-order valence-electron chi connectivity index (χ4n) is 4.25. The number of nitrogens with one attached hydrogen (secondary N) is 1. The number of carbonyl (C=O) groups is 2. The molecule has 0 radical (unpaired) electrons. The summed E-state index contributed by atoms with van der Waals surface area (Å²) < 4.78 is 27.5. The van der Waals surface area contributed by atoms with Crippen molar-refractivity contribution in [2.24, 2.45) is 0 Å². The molecule has 0 unspecified atom stereocenters. The molecule has 2 aliphatic heterocycles. The molecule has 1 fully saturated rings. The molecular weight excluding hydrogens is 446 g/mol. The second-order valence-electron chi connectivity index (χ2n) is 8.59. The normalized spacial score (nSPS) is 18.1. The molecule has 0 bridgehead atoms. The number of fused-ring (bicyclic) bond motifs is 1. The molecule has 32 heavy (non-hydrogen) atoms. The van der Waals surface area contributed by atoms with Crippen molar-refractivity contribution in [1.82, 2.24) is 4.31 Å². The van der Waals surface area contributed by atoms with E-state index in [-0.39, 0.29) is 23.3 Å². The number of nitrogens with zero attached hydrogens (tertiary/aromatic N) is 2. The standard InChI is InChI=1S/C23H27N3O4S2/c1-23(2)19-14-18(32(29,30)25-11-4-5-12-25)9-10-20(19)26(22(23)28)15-21(27)24-16-7-6-8-17(13-16)31-3/h6-10,13-14H,4-5,11-12,15H2,1-3H3,(H,24,27). The van der Waals surface area contributed by atoms with Crippen LogP contribution in [0.25, 0.3) is 0 Å². The number of amides is 2. The lowest BCUT2D eigenvalue weighted by Gasteiger charge is -2.20. The molecule has 170 valence electrons. The largest absolute Gasteiger partial charge is 0.324 e. The summed E-state index contributed by atoms with van der Waals surface area (Å²) in [7, 11) is -3.59. The minimum Gasteiger partial charge on any atom is -0.324 e. The van der Waals surface area contributed by atoms with Gasteiger partial charge in [0, 0.05) is 29.4 Å². The Balaban J connectivity index is 1.59. The third-order valence-corrected chi connectivity index (χ3v) is 8.69. The van der Waals surface area contributed by atoms with Crippen LogP contribution in [-0.4, -0.2) is 50.4 Å². The van der Waals surface area contributed by atoms with Gasteiger partial charge in [0.2, 0.25) is 21.8 Å². The molecule has 2 aromatic carbocycles. The predicted octanol–water partition coefficient (Wildman–Crippen LogP) is 3.46. The molecule has 2 aromatic rings. The van der Waals surface area contributed by atoms with Crippen LogP contribution in [0.1, 0.15) is 32.3 Å². The van der Waals surface area contributed by atoms with Gasteiger partial charge in [-0.3, -0.25) is 9.59 Å². The molecule has 0 aromatic heterocycles. The van der Waals surface area contributed by atoms with Crippen molar-refractivity contribution in [3.8, 4) is 0 Å². The highest BCUT2D eigenvalue weighted by molar-refractivity contribution is 7.98. The number of sulfonamides is 1. The second-order valence-corrected chi connectivity index (χ2v) is 11.4. The Morgan fingerprint density at radius 2 is 1.84 bits per heavy atom.